The Kier molecular flexibility index (Phi) is 5.95. The molecule has 3 aromatic rings. The summed E-state index contributed by atoms with van der Waals surface area (Å²) in [5.41, 5.74) is 1.78. The molecular weight excluding hydrogens is 364 g/mol. The average molecular weight is 390 g/mol. The van der Waals surface area contributed by atoms with E-state index in [-0.39, 0.29) is 5.91 Å². The summed E-state index contributed by atoms with van der Waals surface area (Å²) in [4.78, 5) is 18.8. The normalized spacial score (nSPS) is 15.3. The third kappa shape index (κ3) is 4.68. The Bertz CT molecular complexity index is 940. The van der Waals surface area contributed by atoms with Crippen LogP contribution in [0.4, 0.5) is 0 Å². The number of amides is 1. The molecule has 7 heteroatoms. The van der Waals surface area contributed by atoms with Crippen LogP contribution in [0.3, 0.4) is 0 Å². The van der Waals surface area contributed by atoms with Crippen molar-refractivity contribution in [2.45, 2.75) is 32.4 Å². The first kappa shape index (κ1) is 19.3. The van der Waals surface area contributed by atoms with Gasteiger partial charge in [-0.1, -0.05) is 43.3 Å². The number of hydrogen-bond donors (Lipinski definition) is 1. The molecule has 1 unspecified atom stereocenters. The molecule has 7 nitrogen and oxygen atoms in total. The van der Waals surface area contributed by atoms with Gasteiger partial charge >= 0.3 is 0 Å². The molecular formula is C22H26N6O. The van der Waals surface area contributed by atoms with E-state index in [0.29, 0.717) is 18.2 Å². The van der Waals surface area contributed by atoms with Gasteiger partial charge in [0.25, 0.3) is 5.91 Å². The number of nitrogens with one attached hydrogen (secondary N) is 1. The highest BCUT2D eigenvalue weighted by atomic mass is 16.1. The molecule has 1 aliphatic heterocycles. The first-order chi connectivity index (χ1) is 14.2. The molecule has 4 rings (SSSR count). The summed E-state index contributed by atoms with van der Waals surface area (Å²) in [6.07, 6.45) is 2.48. The maximum Gasteiger partial charge on any atom is 0.270 e. The number of pyridine rings is 1. The Morgan fingerprint density at radius 1 is 1.07 bits per heavy atom. The number of carbonyl (C=O) groups excluding carboxylic acids is 1. The standard InChI is InChI=1S/C22H26N6O/c1-17(18-7-3-2-4-8-18)16-27-12-10-20-25-26-21(28(20)14-13-27)15-24-22(29)19-9-5-6-11-23-19/h2-9,11,17H,10,12-16H2,1H3,(H,24,29). The monoisotopic (exact) mass is 390 g/mol. The van der Waals surface area contributed by atoms with Crippen LogP contribution < -0.4 is 5.32 Å². The second kappa shape index (κ2) is 8.96. The molecule has 0 saturated heterocycles. The quantitative estimate of drug-likeness (QED) is 0.699. The molecule has 0 radical (unpaired) electrons. The van der Waals surface area contributed by atoms with Crippen LogP contribution in [-0.2, 0) is 19.5 Å². The summed E-state index contributed by atoms with van der Waals surface area (Å²) in [6.45, 7) is 6.40. The summed E-state index contributed by atoms with van der Waals surface area (Å²) >= 11 is 0. The van der Waals surface area contributed by atoms with E-state index in [1.165, 1.54) is 5.56 Å². The van der Waals surface area contributed by atoms with Crippen molar-refractivity contribution in [2.24, 2.45) is 0 Å². The smallest absolute Gasteiger partial charge is 0.270 e. The van der Waals surface area contributed by atoms with Crippen molar-refractivity contribution in [1.29, 1.82) is 0 Å². The lowest BCUT2D eigenvalue weighted by Crippen LogP contribution is -2.31. The largest absolute Gasteiger partial charge is 0.343 e. The van der Waals surface area contributed by atoms with Gasteiger partial charge in [-0.3, -0.25) is 9.78 Å². The minimum atomic E-state index is -0.199. The van der Waals surface area contributed by atoms with Crippen molar-refractivity contribution in [1.82, 2.24) is 30.0 Å². The summed E-state index contributed by atoms with van der Waals surface area (Å²) in [5, 5.41) is 11.6. The molecule has 3 heterocycles. The Morgan fingerprint density at radius 3 is 2.69 bits per heavy atom. The number of carbonyl (C=O) groups is 1. The molecule has 2 aromatic heterocycles. The minimum absolute atomic E-state index is 0.199. The third-order valence-corrected chi connectivity index (χ3v) is 5.40. The highest BCUT2D eigenvalue weighted by Crippen LogP contribution is 2.18. The number of aromatic nitrogens is 4. The lowest BCUT2D eigenvalue weighted by atomic mass is 10.0. The first-order valence-electron chi connectivity index (χ1n) is 10.1. The van der Waals surface area contributed by atoms with Gasteiger partial charge in [0.1, 0.15) is 11.5 Å². The fraction of sp³-hybridized carbons (Fsp3) is 0.364. The number of benzene rings is 1. The first-order valence-corrected chi connectivity index (χ1v) is 10.1. The van der Waals surface area contributed by atoms with Gasteiger partial charge in [-0.05, 0) is 23.6 Å². The fourth-order valence-electron chi connectivity index (χ4n) is 3.76. The number of hydrogen-bond acceptors (Lipinski definition) is 5. The van der Waals surface area contributed by atoms with E-state index in [9.17, 15) is 4.79 Å². The lowest BCUT2D eigenvalue weighted by molar-refractivity contribution is 0.0944. The highest BCUT2D eigenvalue weighted by molar-refractivity contribution is 5.92. The second-order valence-electron chi connectivity index (χ2n) is 7.44. The van der Waals surface area contributed by atoms with Crippen molar-refractivity contribution in [3.63, 3.8) is 0 Å². The van der Waals surface area contributed by atoms with Crippen LogP contribution >= 0.6 is 0 Å². The van der Waals surface area contributed by atoms with E-state index in [1.807, 2.05) is 0 Å². The van der Waals surface area contributed by atoms with Crippen molar-refractivity contribution < 1.29 is 4.79 Å². The predicted molar refractivity (Wildman–Crippen MR) is 110 cm³/mol. The zero-order chi connectivity index (χ0) is 20.1. The van der Waals surface area contributed by atoms with Gasteiger partial charge in [0, 0.05) is 38.8 Å². The van der Waals surface area contributed by atoms with Crippen LogP contribution in [0.5, 0.6) is 0 Å². The van der Waals surface area contributed by atoms with E-state index in [1.54, 1.807) is 24.4 Å². The molecule has 1 N–H and O–H groups in total. The fourth-order valence-corrected chi connectivity index (χ4v) is 3.76. The van der Waals surface area contributed by atoms with Crippen LogP contribution in [-0.4, -0.2) is 50.2 Å². The van der Waals surface area contributed by atoms with Crippen LogP contribution in [0.25, 0.3) is 0 Å². The van der Waals surface area contributed by atoms with Gasteiger partial charge in [-0.2, -0.15) is 0 Å². The molecule has 1 amide bonds. The van der Waals surface area contributed by atoms with Gasteiger partial charge in [0.05, 0.1) is 6.54 Å². The van der Waals surface area contributed by atoms with Crippen molar-refractivity contribution in [2.75, 3.05) is 19.6 Å². The Labute approximate surface area is 170 Å². The Balaban J connectivity index is 1.35. The molecule has 1 aromatic carbocycles. The molecule has 0 saturated carbocycles. The zero-order valence-electron chi connectivity index (χ0n) is 16.7. The molecule has 1 aliphatic rings. The van der Waals surface area contributed by atoms with Gasteiger partial charge in [-0.25, -0.2) is 0 Å². The number of rotatable bonds is 6. The second-order valence-corrected chi connectivity index (χ2v) is 7.44. The maximum atomic E-state index is 12.2. The molecule has 0 bridgehead atoms. The van der Waals surface area contributed by atoms with E-state index in [4.69, 9.17) is 0 Å². The summed E-state index contributed by atoms with van der Waals surface area (Å²) in [6, 6.07) is 15.9. The van der Waals surface area contributed by atoms with Crippen molar-refractivity contribution in [3.8, 4) is 0 Å². The molecule has 0 aliphatic carbocycles. The SMILES string of the molecule is CC(CN1CCc2nnc(CNC(=O)c3ccccn3)n2CC1)c1ccccc1. The van der Waals surface area contributed by atoms with Crippen LogP contribution in [0.1, 0.15) is 40.5 Å². The lowest BCUT2D eigenvalue weighted by Gasteiger charge is -2.24. The zero-order valence-corrected chi connectivity index (χ0v) is 16.7. The van der Waals surface area contributed by atoms with E-state index >= 15 is 0 Å². The van der Waals surface area contributed by atoms with E-state index in [0.717, 1.165) is 44.2 Å². The van der Waals surface area contributed by atoms with Gasteiger partial charge in [0.15, 0.2) is 5.82 Å². The minimum Gasteiger partial charge on any atom is -0.343 e. The Hall–Kier alpha value is -3.06. The Morgan fingerprint density at radius 2 is 1.90 bits per heavy atom. The van der Waals surface area contributed by atoms with Gasteiger partial charge in [-0.15, -0.1) is 10.2 Å². The summed E-state index contributed by atoms with van der Waals surface area (Å²) in [7, 11) is 0. The number of fused-ring (bicyclic) bond motifs is 1. The molecule has 29 heavy (non-hydrogen) atoms. The van der Waals surface area contributed by atoms with Crippen molar-refractivity contribution in [3.05, 3.63) is 77.6 Å². The van der Waals surface area contributed by atoms with E-state index in [2.05, 4.69) is 67.2 Å². The summed E-state index contributed by atoms with van der Waals surface area (Å²) in [5.74, 6) is 2.07. The third-order valence-electron chi connectivity index (χ3n) is 5.40. The molecule has 0 fully saturated rings. The van der Waals surface area contributed by atoms with Gasteiger partial charge in [0.2, 0.25) is 0 Å². The topological polar surface area (TPSA) is 75.9 Å². The van der Waals surface area contributed by atoms with Gasteiger partial charge < -0.3 is 14.8 Å². The van der Waals surface area contributed by atoms with Crippen LogP contribution in [0.2, 0.25) is 0 Å². The molecule has 1 atom stereocenters. The maximum absolute atomic E-state index is 12.2. The predicted octanol–water partition coefficient (Wildman–Crippen LogP) is 2.26. The molecule has 150 valence electrons. The number of nitrogens with zero attached hydrogens (tertiary/aromatic N) is 5. The molecule has 0 spiro atoms. The average Bonchev–Trinajstić information content (AvgIpc) is 3.05. The summed E-state index contributed by atoms with van der Waals surface area (Å²) < 4.78 is 2.14. The highest BCUT2D eigenvalue weighted by Gasteiger charge is 2.20. The van der Waals surface area contributed by atoms with E-state index < -0.39 is 0 Å². The van der Waals surface area contributed by atoms with Crippen LogP contribution in [0.15, 0.2) is 54.7 Å². The van der Waals surface area contributed by atoms with Crippen molar-refractivity contribution >= 4 is 5.91 Å². The van der Waals surface area contributed by atoms with Crippen LogP contribution in [0, 0.1) is 0 Å².